The molecule has 0 atom stereocenters. The molecule has 52 valence electrons. The van der Waals surface area contributed by atoms with Crippen molar-refractivity contribution >= 4 is 27.9 Å². The Morgan fingerprint density at radius 3 is 2.67 bits per heavy atom. The largest absolute Gasteiger partial charge is 0.469 e. The van der Waals surface area contributed by atoms with E-state index in [4.69, 9.17) is 0 Å². The number of rotatable bonds is 1. The molecule has 6 heteroatoms. The van der Waals surface area contributed by atoms with E-state index in [1.54, 1.807) is 6.92 Å². The number of hydrogen-bond donors (Lipinski definition) is 0. The van der Waals surface area contributed by atoms with Crippen molar-refractivity contribution in [3.8, 4) is 0 Å². The molecule has 0 unspecified atom stereocenters. The zero-order valence-electron chi connectivity index (χ0n) is 4.70. The normalized spacial score (nSPS) is 8.11. The predicted molar refractivity (Wildman–Crippen MR) is 35.6 cm³/mol. The zero-order chi connectivity index (χ0) is 7.28. The van der Waals surface area contributed by atoms with Crippen molar-refractivity contribution in [2.24, 2.45) is 4.36 Å². The van der Waals surface area contributed by atoms with E-state index in [1.807, 2.05) is 0 Å². The van der Waals surface area contributed by atoms with Crippen LogP contribution in [0.2, 0.25) is 0 Å². The van der Waals surface area contributed by atoms with E-state index in [2.05, 4.69) is 21.3 Å². The van der Waals surface area contributed by atoms with Crippen molar-refractivity contribution in [3.63, 3.8) is 0 Å². The van der Waals surface area contributed by atoms with Gasteiger partial charge in [0, 0.05) is 0 Å². The van der Waals surface area contributed by atoms with Crippen LogP contribution in [0.4, 0.5) is 0 Å². The molecule has 0 aliphatic rings. The molecule has 0 fully saturated rings. The Morgan fingerprint density at radius 2 is 2.33 bits per heavy atom. The monoisotopic (exact) mass is 167 g/mol. The highest BCUT2D eigenvalue weighted by atomic mass is 32.2. The third kappa shape index (κ3) is 5.38. The van der Waals surface area contributed by atoms with Gasteiger partial charge in [0.05, 0.1) is 6.61 Å². The molecule has 0 heterocycles. The van der Waals surface area contributed by atoms with Gasteiger partial charge in [-0.25, -0.2) is 0 Å². The molecular formula is C3H5NO3S2. The molecule has 0 bridgehead atoms. The minimum absolute atomic E-state index is 0.245. The Balaban J connectivity index is 3.94. The van der Waals surface area contributed by atoms with Crippen LogP contribution >= 0.6 is 12.2 Å². The fourth-order valence-corrected chi connectivity index (χ4v) is 0.686. The van der Waals surface area contributed by atoms with E-state index < -0.39 is 10.5 Å². The van der Waals surface area contributed by atoms with Crippen LogP contribution in [0, 0.1) is 0 Å². The van der Waals surface area contributed by atoms with E-state index in [9.17, 15) is 8.42 Å². The summed E-state index contributed by atoms with van der Waals surface area (Å²) in [6.45, 7) is 2.02. The molecule has 0 spiro atoms. The minimum Gasteiger partial charge on any atom is -0.469 e. The standard InChI is InChI=1S/C3H5NO3S2/c1-2-7-3(8)4-9(5)6/h2H2,1H3. The van der Waals surface area contributed by atoms with Crippen molar-refractivity contribution in [1.29, 1.82) is 0 Å². The van der Waals surface area contributed by atoms with Gasteiger partial charge in [-0.15, -0.1) is 0 Å². The number of thiocarbonyl (C=S) groups is 1. The fourth-order valence-electron chi connectivity index (χ4n) is 0.211. The van der Waals surface area contributed by atoms with Crippen molar-refractivity contribution in [2.45, 2.75) is 6.92 Å². The van der Waals surface area contributed by atoms with E-state index in [1.165, 1.54) is 0 Å². The van der Waals surface area contributed by atoms with Gasteiger partial charge >= 0.3 is 10.5 Å². The molecule has 0 radical (unpaired) electrons. The van der Waals surface area contributed by atoms with Crippen LogP contribution in [0.15, 0.2) is 4.36 Å². The molecule has 0 amide bonds. The number of hydrogen-bond acceptors (Lipinski definition) is 4. The molecule has 0 saturated carbocycles. The summed E-state index contributed by atoms with van der Waals surface area (Å²) in [6.07, 6.45) is 0. The second-order valence-electron chi connectivity index (χ2n) is 1.01. The molecule has 0 aromatic carbocycles. The first-order valence-corrected chi connectivity index (χ1v) is 3.58. The van der Waals surface area contributed by atoms with E-state index in [0.29, 0.717) is 6.61 Å². The summed E-state index contributed by atoms with van der Waals surface area (Å²) in [5, 5.41) is -0.245. The lowest BCUT2D eigenvalue weighted by Crippen LogP contribution is -1.95. The van der Waals surface area contributed by atoms with Crippen LogP contribution < -0.4 is 0 Å². The van der Waals surface area contributed by atoms with Gasteiger partial charge in [0.25, 0.3) is 5.17 Å². The van der Waals surface area contributed by atoms with Gasteiger partial charge < -0.3 is 4.74 Å². The van der Waals surface area contributed by atoms with E-state index in [0.717, 1.165) is 0 Å². The Morgan fingerprint density at radius 1 is 1.78 bits per heavy atom. The smallest absolute Gasteiger partial charge is 0.320 e. The fraction of sp³-hybridized carbons (Fsp3) is 0.667. The van der Waals surface area contributed by atoms with Gasteiger partial charge in [-0.05, 0) is 19.1 Å². The van der Waals surface area contributed by atoms with Gasteiger partial charge in [0.1, 0.15) is 0 Å². The third-order valence-corrected chi connectivity index (χ3v) is 1.06. The summed E-state index contributed by atoms with van der Waals surface area (Å²) in [4.78, 5) is 0. The van der Waals surface area contributed by atoms with Crippen molar-refractivity contribution < 1.29 is 13.2 Å². The molecule has 4 nitrogen and oxygen atoms in total. The molecule has 0 N–H and O–H groups in total. The Labute approximate surface area is 59.5 Å². The molecule has 0 aromatic heterocycles. The summed E-state index contributed by atoms with van der Waals surface area (Å²) in [5.41, 5.74) is 0. The zero-order valence-corrected chi connectivity index (χ0v) is 6.33. The molecule has 0 aromatic rings. The minimum atomic E-state index is -2.49. The molecule has 0 aliphatic carbocycles. The van der Waals surface area contributed by atoms with Crippen LogP contribution in [0.25, 0.3) is 0 Å². The summed E-state index contributed by atoms with van der Waals surface area (Å²) in [6, 6.07) is 0. The first-order valence-electron chi connectivity index (χ1n) is 2.14. The molecule has 0 rings (SSSR count). The number of nitrogens with zero attached hydrogens (tertiary/aromatic N) is 1. The van der Waals surface area contributed by atoms with Crippen LogP contribution in [0.1, 0.15) is 6.92 Å². The molecule has 0 aliphatic heterocycles. The maximum absolute atomic E-state index is 9.75. The van der Waals surface area contributed by atoms with Gasteiger partial charge in [-0.2, -0.15) is 8.42 Å². The van der Waals surface area contributed by atoms with Gasteiger partial charge in [0.15, 0.2) is 0 Å². The Bertz CT molecular complexity index is 209. The first-order chi connectivity index (χ1) is 4.16. The lowest BCUT2D eigenvalue weighted by atomic mass is 10.9. The highest BCUT2D eigenvalue weighted by Crippen LogP contribution is 1.81. The average molecular weight is 167 g/mol. The van der Waals surface area contributed by atoms with E-state index in [-0.39, 0.29) is 5.17 Å². The Hall–Kier alpha value is -0.490. The quantitative estimate of drug-likeness (QED) is 0.529. The molecular weight excluding hydrogens is 162 g/mol. The lowest BCUT2D eigenvalue weighted by Gasteiger charge is -1.92. The van der Waals surface area contributed by atoms with Crippen LogP contribution in [0.5, 0.6) is 0 Å². The van der Waals surface area contributed by atoms with Crippen LogP contribution in [-0.4, -0.2) is 20.2 Å². The highest BCUT2D eigenvalue weighted by molar-refractivity contribution is 7.80. The van der Waals surface area contributed by atoms with E-state index >= 15 is 0 Å². The summed E-state index contributed by atoms with van der Waals surface area (Å²) in [5.74, 6) is 0. The second-order valence-corrected chi connectivity index (χ2v) is 1.97. The first kappa shape index (κ1) is 8.51. The molecule has 0 saturated heterocycles. The summed E-state index contributed by atoms with van der Waals surface area (Å²) in [7, 11) is -2.49. The van der Waals surface area contributed by atoms with Crippen molar-refractivity contribution in [1.82, 2.24) is 0 Å². The second kappa shape index (κ2) is 4.39. The third-order valence-electron chi connectivity index (χ3n) is 0.417. The van der Waals surface area contributed by atoms with Gasteiger partial charge in [-0.1, -0.05) is 4.36 Å². The Kier molecular flexibility index (Phi) is 4.16. The maximum atomic E-state index is 9.75. The maximum Gasteiger partial charge on any atom is 0.320 e. The summed E-state index contributed by atoms with van der Waals surface area (Å²) < 4.78 is 26.9. The van der Waals surface area contributed by atoms with Crippen LogP contribution in [0.3, 0.4) is 0 Å². The van der Waals surface area contributed by atoms with Crippen molar-refractivity contribution in [3.05, 3.63) is 0 Å². The SMILES string of the molecule is CCOC(=S)N=S(=O)=O. The van der Waals surface area contributed by atoms with Gasteiger partial charge in [0.2, 0.25) is 0 Å². The summed E-state index contributed by atoms with van der Waals surface area (Å²) >= 11 is 4.35. The number of ether oxygens (including phenoxy) is 1. The highest BCUT2D eigenvalue weighted by Gasteiger charge is 1.88. The molecule has 9 heavy (non-hydrogen) atoms. The topological polar surface area (TPSA) is 55.7 Å². The predicted octanol–water partition coefficient (Wildman–Crippen LogP) is 0.371. The van der Waals surface area contributed by atoms with Crippen LogP contribution in [-0.2, 0) is 15.2 Å². The van der Waals surface area contributed by atoms with Gasteiger partial charge in [-0.3, -0.25) is 0 Å². The average Bonchev–Trinajstić information content (AvgIpc) is 1.63. The van der Waals surface area contributed by atoms with Crippen molar-refractivity contribution in [2.75, 3.05) is 6.61 Å². The lowest BCUT2D eigenvalue weighted by molar-refractivity contribution is 0.332.